The molecule has 1 amide bonds. The number of anilines is 1. The van der Waals surface area contributed by atoms with Gasteiger partial charge in [-0.05, 0) is 33.2 Å². The van der Waals surface area contributed by atoms with Crippen LogP contribution in [0.25, 0.3) is 0 Å². The Labute approximate surface area is 124 Å². The van der Waals surface area contributed by atoms with E-state index in [2.05, 4.69) is 29.5 Å². The molecule has 5 nitrogen and oxygen atoms in total. The maximum absolute atomic E-state index is 12.1. The number of hydrogen-bond acceptors (Lipinski definition) is 5. The molecule has 1 aromatic rings. The Morgan fingerprint density at radius 3 is 3.10 bits per heavy atom. The van der Waals surface area contributed by atoms with Crippen LogP contribution >= 0.6 is 11.3 Å². The van der Waals surface area contributed by atoms with Gasteiger partial charge in [-0.3, -0.25) is 4.79 Å². The first-order valence-electron chi connectivity index (χ1n) is 7.23. The summed E-state index contributed by atoms with van der Waals surface area (Å²) in [7, 11) is 0. The predicted molar refractivity (Wildman–Crippen MR) is 81.0 cm³/mol. The van der Waals surface area contributed by atoms with Crippen molar-refractivity contribution in [1.82, 2.24) is 10.3 Å². The number of nitrogens with zero attached hydrogens (tertiary/aromatic N) is 1. The third-order valence-corrected chi connectivity index (χ3v) is 4.39. The number of carbonyl (C=O) groups excluding carboxylic acids is 1. The maximum atomic E-state index is 12.1. The van der Waals surface area contributed by atoms with Crippen molar-refractivity contribution in [2.24, 2.45) is 5.92 Å². The summed E-state index contributed by atoms with van der Waals surface area (Å²) < 4.78 is 5.42. The molecule has 0 aromatic carbocycles. The summed E-state index contributed by atoms with van der Waals surface area (Å²) in [4.78, 5) is 16.6. The molecule has 20 heavy (non-hydrogen) atoms. The number of hydrogen-bond donors (Lipinski definition) is 2. The number of amides is 1. The van der Waals surface area contributed by atoms with Crippen LogP contribution in [0.2, 0.25) is 0 Å². The zero-order valence-electron chi connectivity index (χ0n) is 12.3. The summed E-state index contributed by atoms with van der Waals surface area (Å²) in [5.41, 5.74) is 0.981. The zero-order chi connectivity index (χ0) is 14.5. The predicted octanol–water partition coefficient (Wildman–Crippen LogP) is 2.57. The minimum atomic E-state index is -0.0574. The van der Waals surface area contributed by atoms with Crippen LogP contribution in [0, 0.1) is 5.92 Å². The highest BCUT2D eigenvalue weighted by Gasteiger charge is 2.31. The van der Waals surface area contributed by atoms with Gasteiger partial charge in [0, 0.05) is 18.0 Å². The number of aromatic nitrogens is 1. The number of nitrogens with one attached hydrogen (secondary N) is 2. The van der Waals surface area contributed by atoms with Gasteiger partial charge < -0.3 is 15.4 Å². The fraction of sp³-hybridized carbons (Fsp3) is 0.714. The first-order chi connectivity index (χ1) is 9.61. The highest BCUT2D eigenvalue weighted by molar-refractivity contribution is 7.13. The van der Waals surface area contributed by atoms with Gasteiger partial charge in [0.2, 0.25) is 5.91 Å². The molecular weight excluding hydrogens is 274 g/mol. The molecule has 0 bridgehead atoms. The van der Waals surface area contributed by atoms with E-state index in [1.165, 1.54) is 11.3 Å². The molecule has 0 spiro atoms. The van der Waals surface area contributed by atoms with E-state index in [4.69, 9.17) is 4.74 Å². The Morgan fingerprint density at radius 1 is 1.65 bits per heavy atom. The van der Waals surface area contributed by atoms with Crippen LogP contribution < -0.4 is 10.6 Å². The van der Waals surface area contributed by atoms with Crippen LogP contribution in [-0.4, -0.2) is 30.1 Å². The molecule has 1 saturated heterocycles. The Balaban J connectivity index is 1.90. The smallest absolute Gasteiger partial charge is 0.231 e. The lowest BCUT2D eigenvalue weighted by Gasteiger charge is -2.12. The fourth-order valence-corrected chi connectivity index (χ4v) is 3.09. The highest BCUT2D eigenvalue weighted by atomic mass is 32.1. The van der Waals surface area contributed by atoms with Crippen molar-refractivity contribution >= 4 is 22.4 Å². The zero-order valence-corrected chi connectivity index (χ0v) is 13.1. The molecule has 3 atom stereocenters. The fourth-order valence-electron chi connectivity index (χ4n) is 2.28. The molecule has 2 rings (SSSR count). The minimum Gasteiger partial charge on any atom is -0.378 e. The van der Waals surface area contributed by atoms with E-state index in [0.717, 1.165) is 25.1 Å². The Morgan fingerprint density at radius 2 is 2.45 bits per heavy atom. The summed E-state index contributed by atoms with van der Waals surface area (Å²) in [6.45, 7) is 7.80. The highest BCUT2D eigenvalue weighted by Crippen LogP contribution is 2.25. The molecule has 1 aromatic heterocycles. The van der Waals surface area contributed by atoms with Crippen LogP contribution in [0.4, 0.5) is 5.13 Å². The van der Waals surface area contributed by atoms with Gasteiger partial charge >= 0.3 is 0 Å². The van der Waals surface area contributed by atoms with E-state index in [1.807, 2.05) is 12.3 Å². The topological polar surface area (TPSA) is 63.2 Å². The first-order valence-corrected chi connectivity index (χ1v) is 8.11. The standard InChI is InChI=1S/C14H23N3O2S/c1-4-6-15-9(2)12-8-20-14(16-12)17-13(18)11-5-7-19-10(11)3/h8-11,15H,4-7H2,1-3H3,(H,16,17,18). The third kappa shape index (κ3) is 3.77. The van der Waals surface area contributed by atoms with Gasteiger partial charge in [0.1, 0.15) is 0 Å². The largest absolute Gasteiger partial charge is 0.378 e. The lowest BCUT2D eigenvalue weighted by Crippen LogP contribution is -2.27. The minimum absolute atomic E-state index is 0.000392. The summed E-state index contributed by atoms with van der Waals surface area (Å²) in [6, 6.07) is 0.214. The van der Waals surface area contributed by atoms with Crippen molar-refractivity contribution in [3.05, 3.63) is 11.1 Å². The number of rotatable bonds is 6. The Hall–Kier alpha value is -0.980. The van der Waals surface area contributed by atoms with Crippen LogP contribution in [0.1, 0.15) is 45.3 Å². The Kier molecular flexibility index (Phi) is 5.51. The van der Waals surface area contributed by atoms with E-state index in [1.54, 1.807) is 0 Å². The van der Waals surface area contributed by atoms with Crippen molar-refractivity contribution in [3.8, 4) is 0 Å². The molecule has 0 aliphatic carbocycles. The Bertz CT molecular complexity index is 449. The molecular formula is C14H23N3O2S. The van der Waals surface area contributed by atoms with Crippen LogP contribution in [-0.2, 0) is 9.53 Å². The molecule has 0 radical (unpaired) electrons. The van der Waals surface area contributed by atoms with Gasteiger partial charge in [-0.1, -0.05) is 6.92 Å². The van der Waals surface area contributed by atoms with Crippen molar-refractivity contribution in [3.63, 3.8) is 0 Å². The molecule has 1 aliphatic heterocycles. The summed E-state index contributed by atoms with van der Waals surface area (Å²) in [5.74, 6) is -0.0388. The average Bonchev–Trinajstić information content (AvgIpc) is 3.05. The van der Waals surface area contributed by atoms with Gasteiger partial charge in [0.25, 0.3) is 0 Å². The van der Waals surface area contributed by atoms with Gasteiger partial charge in [0.05, 0.1) is 17.7 Å². The molecule has 6 heteroatoms. The molecule has 1 aliphatic rings. The molecule has 2 heterocycles. The van der Waals surface area contributed by atoms with Crippen LogP contribution in [0.15, 0.2) is 5.38 Å². The quantitative estimate of drug-likeness (QED) is 0.847. The van der Waals surface area contributed by atoms with Crippen molar-refractivity contribution in [1.29, 1.82) is 0 Å². The summed E-state index contributed by atoms with van der Waals surface area (Å²) >= 11 is 1.48. The van der Waals surface area contributed by atoms with Crippen LogP contribution in [0.5, 0.6) is 0 Å². The van der Waals surface area contributed by atoms with Gasteiger partial charge in [-0.25, -0.2) is 4.98 Å². The lowest BCUT2D eigenvalue weighted by molar-refractivity contribution is -0.121. The van der Waals surface area contributed by atoms with Gasteiger partial charge in [-0.15, -0.1) is 11.3 Å². The van der Waals surface area contributed by atoms with Crippen molar-refractivity contribution in [2.75, 3.05) is 18.5 Å². The van der Waals surface area contributed by atoms with Crippen molar-refractivity contribution < 1.29 is 9.53 Å². The monoisotopic (exact) mass is 297 g/mol. The molecule has 3 unspecified atom stereocenters. The van der Waals surface area contributed by atoms with E-state index < -0.39 is 0 Å². The number of carbonyl (C=O) groups is 1. The second-order valence-electron chi connectivity index (χ2n) is 5.21. The molecule has 0 saturated carbocycles. The maximum Gasteiger partial charge on any atom is 0.231 e. The van der Waals surface area contributed by atoms with Gasteiger partial charge in [0.15, 0.2) is 5.13 Å². The van der Waals surface area contributed by atoms with E-state index in [9.17, 15) is 4.79 Å². The SMILES string of the molecule is CCCNC(C)c1csc(NC(=O)C2CCOC2C)n1. The van der Waals surface area contributed by atoms with Crippen molar-refractivity contribution in [2.45, 2.75) is 45.8 Å². The van der Waals surface area contributed by atoms with E-state index >= 15 is 0 Å². The lowest BCUT2D eigenvalue weighted by atomic mass is 10.0. The average molecular weight is 297 g/mol. The van der Waals surface area contributed by atoms with E-state index in [-0.39, 0.29) is 24.0 Å². The molecule has 112 valence electrons. The molecule has 1 fully saturated rings. The number of ether oxygens (including phenoxy) is 1. The second kappa shape index (κ2) is 7.15. The van der Waals surface area contributed by atoms with E-state index in [0.29, 0.717) is 11.7 Å². The van der Waals surface area contributed by atoms with Gasteiger partial charge in [-0.2, -0.15) is 0 Å². The number of thiazole rings is 1. The van der Waals surface area contributed by atoms with Crippen LogP contribution in [0.3, 0.4) is 0 Å². The summed E-state index contributed by atoms with van der Waals surface area (Å²) in [6.07, 6.45) is 1.89. The second-order valence-corrected chi connectivity index (χ2v) is 6.07. The first kappa shape index (κ1) is 15.4. The third-order valence-electron chi connectivity index (χ3n) is 3.61. The molecule has 2 N–H and O–H groups in total. The summed E-state index contributed by atoms with van der Waals surface area (Å²) in [5, 5.41) is 8.97. The normalized spacial score (nSPS) is 23.8.